The maximum absolute atomic E-state index is 11.4. The van der Waals surface area contributed by atoms with E-state index in [0.29, 0.717) is 5.82 Å². The summed E-state index contributed by atoms with van der Waals surface area (Å²) in [6, 6.07) is 11.9. The first-order valence-corrected chi connectivity index (χ1v) is 9.24. The quantitative estimate of drug-likeness (QED) is 0.549. The molecule has 2 N–H and O–H groups in total. The molecular formula is C20H17N5OS. The minimum Gasteiger partial charge on any atom is -0.344 e. The van der Waals surface area contributed by atoms with Crippen molar-refractivity contribution in [3.63, 3.8) is 0 Å². The molecule has 0 fully saturated rings. The lowest BCUT2D eigenvalue weighted by Gasteiger charge is -2.06. The smallest absolute Gasteiger partial charge is 0.222 e. The minimum absolute atomic E-state index is 0.155. The van der Waals surface area contributed by atoms with Crippen LogP contribution in [-0.2, 0) is 4.79 Å². The molecule has 0 spiro atoms. The van der Waals surface area contributed by atoms with Gasteiger partial charge in [0.2, 0.25) is 5.91 Å². The summed E-state index contributed by atoms with van der Waals surface area (Å²) in [6.07, 6.45) is 5.28. The van der Waals surface area contributed by atoms with Gasteiger partial charge in [0.1, 0.15) is 16.6 Å². The summed E-state index contributed by atoms with van der Waals surface area (Å²) >= 11 is 1.56. The fourth-order valence-electron chi connectivity index (χ4n) is 2.78. The van der Waals surface area contributed by atoms with Gasteiger partial charge in [-0.1, -0.05) is 30.3 Å². The second-order valence-electron chi connectivity index (χ2n) is 6.07. The highest BCUT2D eigenvalue weighted by molar-refractivity contribution is 7.18. The highest BCUT2D eigenvalue weighted by Crippen LogP contribution is 2.40. The van der Waals surface area contributed by atoms with E-state index in [9.17, 15) is 4.79 Å². The van der Waals surface area contributed by atoms with E-state index in [2.05, 4.69) is 20.3 Å². The molecule has 0 saturated carbocycles. The Bertz CT molecular complexity index is 1090. The maximum Gasteiger partial charge on any atom is 0.222 e. The van der Waals surface area contributed by atoms with Crippen molar-refractivity contribution in [1.29, 1.82) is 0 Å². The number of anilines is 1. The molecule has 3 aromatic heterocycles. The number of aromatic amines is 1. The molecule has 0 aliphatic heterocycles. The molecule has 0 radical (unpaired) electrons. The van der Waals surface area contributed by atoms with E-state index in [0.717, 1.165) is 38.1 Å². The van der Waals surface area contributed by atoms with Crippen LogP contribution in [0.25, 0.3) is 32.5 Å². The van der Waals surface area contributed by atoms with E-state index in [1.54, 1.807) is 29.9 Å². The van der Waals surface area contributed by atoms with Gasteiger partial charge in [0.25, 0.3) is 0 Å². The maximum atomic E-state index is 11.4. The molecule has 27 heavy (non-hydrogen) atoms. The van der Waals surface area contributed by atoms with E-state index in [1.807, 2.05) is 43.3 Å². The zero-order valence-electron chi connectivity index (χ0n) is 14.9. The van der Waals surface area contributed by atoms with Crippen LogP contribution < -0.4 is 5.32 Å². The number of rotatable bonds is 4. The molecule has 0 saturated heterocycles. The number of hydrogen-bond donors (Lipinski definition) is 2. The van der Waals surface area contributed by atoms with Crippen LogP contribution in [0.4, 0.5) is 5.82 Å². The summed E-state index contributed by atoms with van der Waals surface area (Å²) in [4.78, 5) is 29.1. The lowest BCUT2D eigenvalue weighted by atomic mass is 10.1. The summed E-state index contributed by atoms with van der Waals surface area (Å²) < 4.78 is 0. The largest absolute Gasteiger partial charge is 0.344 e. The third-order valence-electron chi connectivity index (χ3n) is 4.03. The standard InChI is InChI=1S/C20H17N5OS/c1-12-11-23-16(24-13(2)26)10-15(12)20-25-17(14-6-4-3-5-7-14)18(27-20)19-21-8-9-22-19/h3-11H,1-2H3,(H,21,22)(H,23,24,26). The average molecular weight is 375 g/mol. The van der Waals surface area contributed by atoms with Crippen molar-refractivity contribution in [1.82, 2.24) is 19.9 Å². The molecule has 6 nitrogen and oxygen atoms in total. The number of aromatic nitrogens is 4. The Balaban J connectivity index is 1.87. The van der Waals surface area contributed by atoms with E-state index in [-0.39, 0.29) is 5.91 Å². The molecule has 7 heteroatoms. The molecule has 1 aromatic carbocycles. The van der Waals surface area contributed by atoms with Gasteiger partial charge in [-0.15, -0.1) is 11.3 Å². The first kappa shape index (κ1) is 17.1. The highest BCUT2D eigenvalue weighted by atomic mass is 32.1. The van der Waals surface area contributed by atoms with Crippen LogP contribution in [0.5, 0.6) is 0 Å². The zero-order chi connectivity index (χ0) is 18.8. The van der Waals surface area contributed by atoms with Crippen LogP contribution in [0.1, 0.15) is 12.5 Å². The number of carbonyl (C=O) groups is 1. The topological polar surface area (TPSA) is 83.6 Å². The van der Waals surface area contributed by atoms with Crippen LogP contribution in [0.2, 0.25) is 0 Å². The Morgan fingerprint density at radius 2 is 2.00 bits per heavy atom. The number of nitrogens with zero attached hydrogens (tertiary/aromatic N) is 3. The predicted octanol–water partition coefficient (Wildman–Crippen LogP) is 4.53. The molecule has 134 valence electrons. The SMILES string of the molecule is CC(=O)Nc1cc(-c2nc(-c3ccccc3)c(-c3ncc[nH]3)s2)c(C)cn1. The van der Waals surface area contributed by atoms with Gasteiger partial charge in [-0.05, 0) is 18.6 Å². The third-order valence-corrected chi connectivity index (χ3v) is 5.12. The Labute approximate surface area is 160 Å². The minimum atomic E-state index is -0.155. The number of benzene rings is 1. The summed E-state index contributed by atoms with van der Waals surface area (Å²) in [5.74, 6) is 1.14. The number of carbonyl (C=O) groups excluding carboxylic acids is 1. The molecule has 1 amide bonds. The third kappa shape index (κ3) is 3.50. The van der Waals surface area contributed by atoms with E-state index in [4.69, 9.17) is 4.98 Å². The van der Waals surface area contributed by atoms with Crippen molar-refractivity contribution in [2.45, 2.75) is 13.8 Å². The van der Waals surface area contributed by atoms with Gasteiger partial charge in [-0.3, -0.25) is 4.79 Å². The number of nitrogens with one attached hydrogen (secondary N) is 2. The summed E-state index contributed by atoms with van der Waals surface area (Å²) in [5, 5.41) is 3.58. The van der Waals surface area contributed by atoms with Crippen molar-refractivity contribution in [3.05, 3.63) is 60.6 Å². The lowest BCUT2D eigenvalue weighted by molar-refractivity contribution is -0.114. The van der Waals surface area contributed by atoms with Gasteiger partial charge in [0, 0.05) is 36.6 Å². The van der Waals surface area contributed by atoms with Crippen LogP contribution in [0, 0.1) is 6.92 Å². The second-order valence-corrected chi connectivity index (χ2v) is 7.07. The monoisotopic (exact) mass is 375 g/mol. The number of thiazole rings is 1. The van der Waals surface area contributed by atoms with Gasteiger partial charge in [-0.2, -0.15) is 0 Å². The van der Waals surface area contributed by atoms with Crippen LogP contribution >= 0.6 is 11.3 Å². The lowest BCUT2D eigenvalue weighted by Crippen LogP contribution is -2.07. The van der Waals surface area contributed by atoms with Crippen LogP contribution in [-0.4, -0.2) is 25.8 Å². The average Bonchev–Trinajstić information content (AvgIpc) is 3.33. The molecule has 0 bridgehead atoms. The molecular weight excluding hydrogens is 358 g/mol. The Morgan fingerprint density at radius 1 is 1.19 bits per heavy atom. The van der Waals surface area contributed by atoms with Crippen LogP contribution in [0.15, 0.2) is 55.0 Å². The van der Waals surface area contributed by atoms with Crippen molar-refractivity contribution in [2.75, 3.05) is 5.32 Å². The van der Waals surface area contributed by atoms with Crippen molar-refractivity contribution >= 4 is 23.1 Å². The van der Waals surface area contributed by atoms with E-state index >= 15 is 0 Å². The molecule has 4 aromatic rings. The fraction of sp³-hybridized carbons (Fsp3) is 0.100. The van der Waals surface area contributed by atoms with Gasteiger partial charge in [-0.25, -0.2) is 15.0 Å². The summed E-state index contributed by atoms with van der Waals surface area (Å²) in [5.41, 5.74) is 3.83. The fourth-order valence-corrected chi connectivity index (χ4v) is 3.91. The van der Waals surface area contributed by atoms with Gasteiger partial charge < -0.3 is 10.3 Å². The Morgan fingerprint density at radius 3 is 2.70 bits per heavy atom. The van der Waals surface area contributed by atoms with Crippen LogP contribution in [0.3, 0.4) is 0 Å². The molecule has 4 rings (SSSR count). The number of amides is 1. The molecule has 3 heterocycles. The highest BCUT2D eigenvalue weighted by Gasteiger charge is 2.19. The molecule has 0 atom stereocenters. The number of hydrogen-bond acceptors (Lipinski definition) is 5. The second kappa shape index (κ2) is 7.13. The molecule has 0 aliphatic rings. The summed E-state index contributed by atoms with van der Waals surface area (Å²) in [6.45, 7) is 3.45. The van der Waals surface area contributed by atoms with Crippen molar-refractivity contribution < 1.29 is 4.79 Å². The summed E-state index contributed by atoms with van der Waals surface area (Å²) in [7, 11) is 0. The van der Waals surface area contributed by atoms with Crippen molar-refractivity contribution in [2.24, 2.45) is 0 Å². The number of imidazole rings is 1. The number of aryl methyl sites for hydroxylation is 1. The predicted molar refractivity (Wildman–Crippen MR) is 107 cm³/mol. The van der Waals surface area contributed by atoms with E-state index < -0.39 is 0 Å². The van der Waals surface area contributed by atoms with Gasteiger partial charge in [0.15, 0.2) is 0 Å². The number of pyridine rings is 1. The molecule has 0 unspecified atom stereocenters. The Kier molecular flexibility index (Phi) is 4.52. The number of H-pyrrole nitrogens is 1. The normalized spacial score (nSPS) is 10.7. The van der Waals surface area contributed by atoms with Crippen molar-refractivity contribution in [3.8, 4) is 32.5 Å². The molecule has 0 aliphatic carbocycles. The first-order valence-electron chi connectivity index (χ1n) is 8.42. The van der Waals surface area contributed by atoms with Gasteiger partial charge >= 0.3 is 0 Å². The Hall–Kier alpha value is -3.32. The van der Waals surface area contributed by atoms with Gasteiger partial charge in [0.05, 0.1) is 10.6 Å². The zero-order valence-corrected chi connectivity index (χ0v) is 15.7. The van der Waals surface area contributed by atoms with E-state index in [1.165, 1.54) is 6.92 Å². The first-order chi connectivity index (χ1) is 13.1.